The van der Waals surface area contributed by atoms with Gasteiger partial charge in [-0.15, -0.1) is 0 Å². The summed E-state index contributed by atoms with van der Waals surface area (Å²) in [6.45, 7) is 14.0. The highest BCUT2D eigenvalue weighted by Crippen LogP contribution is 2.47. The zero-order chi connectivity index (χ0) is 42.9. The monoisotopic (exact) mass is 816 g/mol. The first-order valence-electron chi connectivity index (χ1n) is 21.2. The van der Waals surface area contributed by atoms with E-state index in [4.69, 9.17) is 19.4 Å². The van der Waals surface area contributed by atoms with E-state index < -0.39 is 0 Å². The molecule has 0 unspecified atom stereocenters. The van der Waals surface area contributed by atoms with Gasteiger partial charge in [-0.3, -0.25) is 0 Å². The fraction of sp³-hybridized carbons (Fsp3) is 0.440. The minimum atomic E-state index is -0.362. The number of ether oxygens (including phenoxy) is 2. The van der Waals surface area contributed by atoms with Gasteiger partial charge in [0.1, 0.15) is 23.3 Å². The average Bonchev–Trinajstić information content (AvgIpc) is 3.74. The lowest BCUT2D eigenvalue weighted by atomic mass is 9.70. The van der Waals surface area contributed by atoms with Crippen molar-refractivity contribution in [1.29, 1.82) is 0 Å². The first kappa shape index (κ1) is 42.7. The van der Waals surface area contributed by atoms with Crippen molar-refractivity contribution in [3.05, 3.63) is 130 Å². The van der Waals surface area contributed by atoms with Crippen LogP contribution >= 0.6 is 0 Å². The number of rotatable bonds is 8. The Morgan fingerprint density at radius 1 is 0.600 bits per heavy atom. The molecule has 0 radical (unpaired) electrons. The Kier molecular flexibility index (Phi) is 12.3. The quantitative estimate of drug-likeness (QED) is 0.142. The Hall–Kier alpha value is -5.38. The van der Waals surface area contributed by atoms with Gasteiger partial charge in [0.25, 0.3) is 0 Å². The molecule has 8 rings (SSSR count). The van der Waals surface area contributed by atoms with Gasteiger partial charge in [-0.1, -0.05) is 65.8 Å². The number of imidazole rings is 2. The standard InChI is InChI=1S/2C25H29FN2O2/c2*1-16-11-20(15-25(2,3)14-16)28-22-10-7-18(24(29)30-4)13-21(22)27-23(28)12-17-5-8-19(26)9-6-17/h2*5-10,13,16,20H,11-12,14-15H2,1-4H3/t2*16-,20+/m10/s1. The Balaban J connectivity index is 0.000000181. The zero-order valence-corrected chi connectivity index (χ0v) is 36.2. The van der Waals surface area contributed by atoms with Gasteiger partial charge in [0.05, 0.1) is 47.4 Å². The molecule has 0 spiro atoms. The molecule has 4 aromatic carbocycles. The van der Waals surface area contributed by atoms with Crippen LogP contribution in [0.15, 0.2) is 84.9 Å². The fourth-order valence-corrected chi connectivity index (χ4v) is 10.4. The second-order valence-corrected chi connectivity index (χ2v) is 18.9. The van der Waals surface area contributed by atoms with Gasteiger partial charge in [0, 0.05) is 24.9 Å². The number of esters is 2. The normalized spacial score (nSPS) is 21.0. The average molecular weight is 817 g/mol. The minimum Gasteiger partial charge on any atom is -0.465 e. The predicted octanol–water partition coefficient (Wildman–Crippen LogP) is 11.9. The largest absolute Gasteiger partial charge is 0.465 e. The maximum atomic E-state index is 13.4. The lowest BCUT2D eigenvalue weighted by Gasteiger charge is -2.40. The molecule has 6 aromatic rings. The van der Waals surface area contributed by atoms with Crippen molar-refractivity contribution in [1.82, 2.24) is 19.1 Å². The molecule has 0 saturated heterocycles. The van der Waals surface area contributed by atoms with Crippen molar-refractivity contribution in [3.8, 4) is 0 Å². The molecule has 2 heterocycles. The van der Waals surface area contributed by atoms with Crippen molar-refractivity contribution >= 4 is 34.0 Å². The van der Waals surface area contributed by atoms with Crippen LogP contribution < -0.4 is 0 Å². The van der Waals surface area contributed by atoms with Crippen molar-refractivity contribution in [2.24, 2.45) is 22.7 Å². The van der Waals surface area contributed by atoms with Crippen LogP contribution in [0.1, 0.15) is 136 Å². The van der Waals surface area contributed by atoms with E-state index in [9.17, 15) is 18.4 Å². The van der Waals surface area contributed by atoms with E-state index in [-0.39, 0.29) is 34.4 Å². The molecule has 10 heteroatoms. The zero-order valence-electron chi connectivity index (χ0n) is 36.2. The van der Waals surface area contributed by atoms with Crippen LogP contribution in [0.5, 0.6) is 0 Å². The van der Waals surface area contributed by atoms with Gasteiger partial charge in [-0.25, -0.2) is 28.3 Å². The maximum Gasteiger partial charge on any atom is 0.337 e. The van der Waals surface area contributed by atoms with Gasteiger partial charge in [0.2, 0.25) is 0 Å². The Labute approximate surface area is 352 Å². The van der Waals surface area contributed by atoms with Crippen molar-refractivity contribution in [3.63, 3.8) is 0 Å². The molecule has 0 aliphatic heterocycles. The van der Waals surface area contributed by atoms with Crippen molar-refractivity contribution in [2.75, 3.05) is 14.2 Å². The summed E-state index contributed by atoms with van der Waals surface area (Å²) in [4.78, 5) is 33.9. The number of fused-ring (bicyclic) bond motifs is 2. The number of hydrogen-bond donors (Lipinski definition) is 0. The molecular formula is C50H58F2N4O4. The van der Waals surface area contributed by atoms with Crippen LogP contribution in [-0.4, -0.2) is 45.3 Å². The number of benzene rings is 4. The molecule has 2 aromatic heterocycles. The lowest BCUT2D eigenvalue weighted by Crippen LogP contribution is -2.30. The van der Waals surface area contributed by atoms with Gasteiger partial charge in [-0.05, 0) is 133 Å². The fourth-order valence-electron chi connectivity index (χ4n) is 10.4. The molecule has 4 atom stereocenters. The predicted molar refractivity (Wildman–Crippen MR) is 232 cm³/mol. The number of aromatic nitrogens is 4. The van der Waals surface area contributed by atoms with E-state index in [2.05, 4.69) is 50.7 Å². The molecular weight excluding hydrogens is 759 g/mol. The van der Waals surface area contributed by atoms with Crippen LogP contribution in [0.2, 0.25) is 0 Å². The van der Waals surface area contributed by atoms with Crippen LogP contribution in [-0.2, 0) is 22.3 Å². The topological polar surface area (TPSA) is 88.2 Å². The molecule has 2 aliphatic rings. The van der Waals surface area contributed by atoms with E-state index in [0.29, 0.717) is 47.9 Å². The summed E-state index contributed by atoms with van der Waals surface area (Å²) in [7, 11) is 2.77. The molecule has 0 bridgehead atoms. The molecule has 2 fully saturated rings. The van der Waals surface area contributed by atoms with E-state index in [1.807, 2.05) is 60.7 Å². The summed E-state index contributed by atoms with van der Waals surface area (Å²) in [6.07, 6.45) is 8.04. The highest BCUT2D eigenvalue weighted by Gasteiger charge is 2.36. The SMILES string of the molecule is COC(=O)c1ccc2c(c1)nc(Cc1ccc(F)cc1)n2[C@@H]1C[C@H](C)CC(C)(C)C1.COC(=O)c1ccc2c(c1)nc(Cc1ccc(F)cc1)n2[C@H]1C[C@@H](C)CC(C)(C)C1. The van der Waals surface area contributed by atoms with Gasteiger partial charge in [0.15, 0.2) is 0 Å². The third kappa shape index (κ3) is 9.64. The van der Waals surface area contributed by atoms with Gasteiger partial charge < -0.3 is 18.6 Å². The first-order valence-corrected chi connectivity index (χ1v) is 21.2. The highest BCUT2D eigenvalue weighted by molar-refractivity contribution is 5.94. The first-order chi connectivity index (χ1) is 28.5. The van der Waals surface area contributed by atoms with Crippen LogP contribution in [0, 0.1) is 34.3 Å². The minimum absolute atomic E-state index is 0.238. The van der Waals surface area contributed by atoms with E-state index in [0.717, 1.165) is 70.5 Å². The van der Waals surface area contributed by atoms with Crippen LogP contribution in [0.25, 0.3) is 22.1 Å². The van der Waals surface area contributed by atoms with Crippen molar-refractivity contribution < 1.29 is 27.8 Å². The van der Waals surface area contributed by atoms with E-state index in [1.54, 1.807) is 0 Å². The number of nitrogens with zero attached hydrogens (tertiary/aromatic N) is 4. The van der Waals surface area contributed by atoms with Gasteiger partial charge in [-0.2, -0.15) is 0 Å². The molecule has 60 heavy (non-hydrogen) atoms. The highest BCUT2D eigenvalue weighted by atomic mass is 19.1. The molecule has 0 amide bonds. The Morgan fingerprint density at radius 2 is 0.967 bits per heavy atom. The molecule has 316 valence electrons. The number of carbonyl (C=O) groups excluding carboxylic acids is 2. The lowest BCUT2D eigenvalue weighted by molar-refractivity contribution is 0.0592. The summed E-state index contributed by atoms with van der Waals surface area (Å²) >= 11 is 0. The number of hydrogen-bond acceptors (Lipinski definition) is 6. The third-order valence-electron chi connectivity index (χ3n) is 12.4. The number of halogens is 2. The molecule has 8 nitrogen and oxygen atoms in total. The Bertz CT molecular complexity index is 2310. The molecule has 0 N–H and O–H groups in total. The molecule has 2 aliphatic carbocycles. The van der Waals surface area contributed by atoms with E-state index >= 15 is 0 Å². The van der Waals surface area contributed by atoms with Crippen LogP contribution in [0.4, 0.5) is 8.78 Å². The van der Waals surface area contributed by atoms with Gasteiger partial charge >= 0.3 is 11.9 Å². The number of carbonyl (C=O) groups is 2. The second kappa shape index (κ2) is 17.3. The molecule has 2 saturated carbocycles. The third-order valence-corrected chi connectivity index (χ3v) is 12.4. The summed E-state index contributed by atoms with van der Waals surface area (Å²) in [5.74, 6) is 1.96. The van der Waals surface area contributed by atoms with Crippen LogP contribution in [0.3, 0.4) is 0 Å². The number of methoxy groups -OCH3 is 2. The summed E-state index contributed by atoms with van der Waals surface area (Å²) < 4.78 is 41.2. The second-order valence-electron chi connectivity index (χ2n) is 18.9. The van der Waals surface area contributed by atoms with Crippen molar-refractivity contribution in [2.45, 2.75) is 105 Å². The Morgan fingerprint density at radius 3 is 1.30 bits per heavy atom. The van der Waals surface area contributed by atoms with E-state index in [1.165, 1.54) is 51.3 Å². The smallest absolute Gasteiger partial charge is 0.337 e. The maximum absolute atomic E-state index is 13.4. The summed E-state index contributed by atoms with van der Waals surface area (Å²) in [5, 5.41) is 0. The summed E-state index contributed by atoms with van der Waals surface area (Å²) in [5.41, 5.74) is 7.23. The summed E-state index contributed by atoms with van der Waals surface area (Å²) in [6, 6.07) is 25.1.